The third-order valence-electron chi connectivity index (χ3n) is 6.05. The number of rotatable bonds is 4. The van der Waals surface area contributed by atoms with E-state index in [0.717, 1.165) is 31.7 Å². The summed E-state index contributed by atoms with van der Waals surface area (Å²) in [6.45, 7) is 3.27. The number of carbonyl (C=O) groups is 1. The summed E-state index contributed by atoms with van der Waals surface area (Å²) >= 11 is 0. The first kappa shape index (κ1) is 17.3. The Morgan fingerprint density at radius 1 is 1.04 bits per heavy atom. The number of fused-ring (bicyclic) bond motifs is 1. The van der Waals surface area contributed by atoms with Crippen molar-refractivity contribution in [2.45, 2.75) is 25.2 Å². The van der Waals surface area contributed by atoms with E-state index in [1.165, 1.54) is 35.1 Å². The highest BCUT2D eigenvalue weighted by Gasteiger charge is 2.29. The van der Waals surface area contributed by atoms with Gasteiger partial charge in [-0.1, -0.05) is 42.5 Å². The molecule has 28 heavy (non-hydrogen) atoms. The molecule has 0 unspecified atom stereocenters. The van der Waals surface area contributed by atoms with Gasteiger partial charge >= 0.3 is 0 Å². The molecule has 0 spiro atoms. The van der Waals surface area contributed by atoms with Crippen LogP contribution in [0, 0.1) is 0 Å². The van der Waals surface area contributed by atoms with Crippen LogP contribution in [0.2, 0.25) is 0 Å². The summed E-state index contributed by atoms with van der Waals surface area (Å²) < 4.78 is 2.00. The molecule has 5 nitrogen and oxygen atoms in total. The van der Waals surface area contributed by atoms with E-state index in [1.54, 1.807) is 0 Å². The highest BCUT2D eigenvalue weighted by molar-refractivity contribution is 5.90. The Hall–Kier alpha value is -2.82. The van der Waals surface area contributed by atoms with Gasteiger partial charge in [-0.3, -0.25) is 9.48 Å². The Balaban J connectivity index is 1.24. The molecule has 0 N–H and O–H groups in total. The Kier molecular flexibility index (Phi) is 4.30. The number of anilines is 1. The van der Waals surface area contributed by atoms with Crippen molar-refractivity contribution in [2.75, 3.05) is 31.1 Å². The van der Waals surface area contributed by atoms with Crippen molar-refractivity contribution < 1.29 is 4.79 Å². The quantitative estimate of drug-likeness (QED) is 0.703. The maximum Gasteiger partial charge on any atom is 0.227 e. The zero-order valence-corrected chi connectivity index (χ0v) is 16.3. The van der Waals surface area contributed by atoms with Crippen LogP contribution in [0.3, 0.4) is 0 Å². The number of aryl methyl sites for hydroxylation is 1. The van der Waals surface area contributed by atoms with E-state index in [0.29, 0.717) is 12.3 Å². The number of hydrogen-bond donors (Lipinski definition) is 0. The average Bonchev–Trinajstić information content (AvgIpc) is 3.50. The van der Waals surface area contributed by atoms with Gasteiger partial charge in [0.1, 0.15) is 5.82 Å². The number of aromatic nitrogens is 2. The first-order valence-corrected chi connectivity index (χ1v) is 10.2. The smallest absolute Gasteiger partial charge is 0.227 e. The minimum Gasteiger partial charge on any atom is -0.353 e. The number of amides is 1. The third kappa shape index (κ3) is 3.26. The Bertz CT molecular complexity index is 1010. The summed E-state index contributed by atoms with van der Waals surface area (Å²) in [6.07, 6.45) is 3.01. The lowest BCUT2D eigenvalue weighted by Crippen LogP contribution is -2.49. The molecule has 144 valence electrons. The normalized spacial score (nSPS) is 17.3. The van der Waals surface area contributed by atoms with Gasteiger partial charge in [0.2, 0.25) is 5.91 Å². The zero-order chi connectivity index (χ0) is 19.1. The first-order chi connectivity index (χ1) is 13.7. The second-order valence-electron chi connectivity index (χ2n) is 8.01. The maximum atomic E-state index is 12.9. The van der Waals surface area contributed by atoms with Gasteiger partial charge < -0.3 is 9.80 Å². The van der Waals surface area contributed by atoms with Gasteiger partial charge in [0.15, 0.2) is 0 Å². The molecule has 0 atom stereocenters. The first-order valence-electron chi connectivity index (χ1n) is 10.2. The van der Waals surface area contributed by atoms with E-state index in [2.05, 4.69) is 40.3 Å². The molecule has 1 aromatic heterocycles. The van der Waals surface area contributed by atoms with Gasteiger partial charge in [0.25, 0.3) is 0 Å². The molecule has 2 heterocycles. The predicted molar refractivity (Wildman–Crippen MR) is 112 cm³/mol. The van der Waals surface area contributed by atoms with Crippen LogP contribution >= 0.6 is 0 Å². The monoisotopic (exact) mass is 374 g/mol. The van der Waals surface area contributed by atoms with Gasteiger partial charge in [0, 0.05) is 45.2 Å². The highest BCUT2D eigenvalue weighted by Crippen LogP contribution is 2.40. The molecule has 1 amide bonds. The predicted octanol–water partition coefficient (Wildman–Crippen LogP) is 3.34. The summed E-state index contributed by atoms with van der Waals surface area (Å²) in [7, 11) is 2.03. The van der Waals surface area contributed by atoms with Gasteiger partial charge in [-0.25, -0.2) is 0 Å². The topological polar surface area (TPSA) is 41.4 Å². The van der Waals surface area contributed by atoms with Crippen LogP contribution in [0.4, 0.5) is 5.82 Å². The van der Waals surface area contributed by atoms with Crippen LogP contribution in [-0.2, 0) is 18.3 Å². The fourth-order valence-corrected chi connectivity index (χ4v) is 4.26. The minimum absolute atomic E-state index is 0.222. The Morgan fingerprint density at radius 2 is 1.79 bits per heavy atom. The number of benzene rings is 2. The van der Waals surface area contributed by atoms with Crippen molar-refractivity contribution in [1.29, 1.82) is 0 Å². The number of hydrogen-bond acceptors (Lipinski definition) is 3. The second-order valence-corrected chi connectivity index (χ2v) is 8.01. The molecule has 1 saturated heterocycles. The Labute approximate surface area is 165 Å². The van der Waals surface area contributed by atoms with Crippen LogP contribution in [-0.4, -0.2) is 46.8 Å². The van der Waals surface area contributed by atoms with Crippen LogP contribution in [0.25, 0.3) is 10.8 Å². The maximum absolute atomic E-state index is 12.9. The largest absolute Gasteiger partial charge is 0.353 e. The van der Waals surface area contributed by atoms with E-state index < -0.39 is 0 Å². The van der Waals surface area contributed by atoms with E-state index in [1.807, 2.05) is 34.8 Å². The lowest BCUT2D eigenvalue weighted by molar-refractivity contribution is -0.130. The summed E-state index contributed by atoms with van der Waals surface area (Å²) in [6, 6.07) is 16.8. The second kappa shape index (κ2) is 6.97. The molecule has 1 aliphatic heterocycles. The average molecular weight is 374 g/mol. The fraction of sp³-hybridized carbons (Fsp3) is 0.391. The van der Waals surface area contributed by atoms with Crippen LogP contribution < -0.4 is 4.90 Å². The SMILES string of the molecule is Cn1nc(C2CC2)cc1N1CCN(C(=O)Cc2cccc3ccccc23)CC1. The van der Waals surface area contributed by atoms with E-state index in [-0.39, 0.29) is 5.91 Å². The molecule has 2 aliphatic rings. The van der Waals surface area contributed by atoms with Crippen molar-refractivity contribution in [1.82, 2.24) is 14.7 Å². The third-order valence-corrected chi connectivity index (χ3v) is 6.05. The molecule has 3 aromatic rings. The fourth-order valence-electron chi connectivity index (χ4n) is 4.26. The molecular weight excluding hydrogens is 348 g/mol. The van der Waals surface area contributed by atoms with Crippen LogP contribution in [0.5, 0.6) is 0 Å². The van der Waals surface area contributed by atoms with E-state index in [9.17, 15) is 4.79 Å². The molecule has 0 radical (unpaired) electrons. The van der Waals surface area contributed by atoms with Crippen molar-refractivity contribution in [3.05, 3.63) is 59.8 Å². The lowest BCUT2D eigenvalue weighted by atomic mass is 10.0. The van der Waals surface area contributed by atoms with Gasteiger partial charge in [-0.15, -0.1) is 0 Å². The van der Waals surface area contributed by atoms with Crippen LogP contribution in [0.1, 0.15) is 30.0 Å². The number of nitrogens with zero attached hydrogens (tertiary/aromatic N) is 4. The summed E-state index contributed by atoms with van der Waals surface area (Å²) in [5.41, 5.74) is 2.35. The summed E-state index contributed by atoms with van der Waals surface area (Å²) in [5, 5.41) is 7.06. The molecular formula is C23H26N4O. The minimum atomic E-state index is 0.222. The lowest BCUT2D eigenvalue weighted by Gasteiger charge is -2.35. The molecule has 2 fully saturated rings. The zero-order valence-electron chi connectivity index (χ0n) is 16.3. The molecule has 5 rings (SSSR count). The highest BCUT2D eigenvalue weighted by atomic mass is 16.2. The Morgan fingerprint density at radius 3 is 2.57 bits per heavy atom. The molecule has 1 aliphatic carbocycles. The number of carbonyl (C=O) groups excluding carboxylic acids is 1. The van der Waals surface area contributed by atoms with Crippen molar-refractivity contribution in [2.24, 2.45) is 7.05 Å². The molecule has 5 heteroatoms. The van der Waals surface area contributed by atoms with Crippen molar-refractivity contribution >= 4 is 22.5 Å². The van der Waals surface area contributed by atoms with E-state index >= 15 is 0 Å². The summed E-state index contributed by atoms with van der Waals surface area (Å²) in [4.78, 5) is 17.3. The van der Waals surface area contributed by atoms with E-state index in [4.69, 9.17) is 0 Å². The van der Waals surface area contributed by atoms with Gasteiger partial charge in [0.05, 0.1) is 12.1 Å². The summed E-state index contributed by atoms with van der Waals surface area (Å²) in [5.74, 6) is 2.08. The molecule has 0 bridgehead atoms. The molecule has 2 aromatic carbocycles. The molecule has 1 saturated carbocycles. The van der Waals surface area contributed by atoms with Gasteiger partial charge in [-0.2, -0.15) is 5.10 Å². The standard InChI is InChI=1S/C23H26N4O/c1-25-22(16-21(24-25)18-9-10-18)26-11-13-27(14-12-26)23(28)15-19-7-4-6-17-5-2-3-8-20(17)19/h2-8,16,18H,9-15H2,1H3. The number of piperazine rings is 1. The van der Waals surface area contributed by atoms with Gasteiger partial charge in [-0.05, 0) is 29.2 Å². The van der Waals surface area contributed by atoms with Crippen LogP contribution in [0.15, 0.2) is 48.5 Å². The van der Waals surface area contributed by atoms with Crippen molar-refractivity contribution in [3.8, 4) is 0 Å². The van der Waals surface area contributed by atoms with Crippen molar-refractivity contribution in [3.63, 3.8) is 0 Å².